The van der Waals surface area contributed by atoms with Crippen molar-refractivity contribution in [2.24, 2.45) is 5.73 Å². The van der Waals surface area contributed by atoms with Crippen LogP contribution in [0.5, 0.6) is 5.75 Å². The van der Waals surface area contributed by atoms with Gasteiger partial charge in [0.1, 0.15) is 5.75 Å². The van der Waals surface area contributed by atoms with Crippen molar-refractivity contribution in [2.45, 2.75) is 6.42 Å². The van der Waals surface area contributed by atoms with Crippen LogP contribution in [-0.4, -0.2) is 19.7 Å². The molecule has 0 saturated heterocycles. The lowest BCUT2D eigenvalue weighted by molar-refractivity contribution is 0.211. The van der Waals surface area contributed by atoms with Crippen LogP contribution in [0.1, 0.15) is 5.56 Å². The molecule has 14 heavy (non-hydrogen) atoms. The van der Waals surface area contributed by atoms with Crippen molar-refractivity contribution in [1.29, 1.82) is 0 Å². The van der Waals surface area contributed by atoms with Gasteiger partial charge in [-0.25, -0.2) is 4.79 Å². The van der Waals surface area contributed by atoms with Crippen LogP contribution in [0.3, 0.4) is 0 Å². The van der Waals surface area contributed by atoms with Gasteiger partial charge in [0.2, 0.25) is 0 Å². The van der Waals surface area contributed by atoms with Crippen molar-refractivity contribution >= 4 is 11.8 Å². The van der Waals surface area contributed by atoms with E-state index in [1.807, 2.05) is 19.2 Å². The predicted molar refractivity (Wildman–Crippen MR) is 53.6 cm³/mol. The molecule has 4 heteroatoms. The van der Waals surface area contributed by atoms with E-state index >= 15 is 0 Å². The standard InChI is InChI=1S/C10H12N2O2/c1-12-5-4-7-2-3-8(6-9(7)12)14-10(11)13/h2-3,6H,4-5H2,1H3,(H2,11,13). The average molecular weight is 192 g/mol. The molecule has 74 valence electrons. The van der Waals surface area contributed by atoms with Crippen LogP contribution in [0.4, 0.5) is 10.5 Å². The van der Waals surface area contributed by atoms with Gasteiger partial charge in [-0.3, -0.25) is 0 Å². The van der Waals surface area contributed by atoms with Gasteiger partial charge in [-0.1, -0.05) is 6.07 Å². The molecule has 0 unspecified atom stereocenters. The molecule has 0 radical (unpaired) electrons. The second kappa shape index (κ2) is 3.21. The SMILES string of the molecule is CN1CCc2ccc(OC(N)=O)cc21. The number of amides is 1. The maximum absolute atomic E-state index is 10.5. The fraction of sp³-hybridized carbons (Fsp3) is 0.300. The third-order valence-corrected chi connectivity index (χ3v) is 2.40. The van der Waals surface area contributed by atoms with E-state index in [1.54, 1.807) is 6.07 Å². The Morgan fingerprint density at radius 1 is 1.57 bits per heavy atom. The second-order valence-corrected chi connectivity index (χ2v) is 3.38. The quantitative estimate of drug-likeness (QED) is 0.725. The molecule has 2 rings (SSSR count). The summed E-state index contributed by atoms with van der Waals surface area (Å²) >= 11 is 0. The van der Waals surface area contributed by atoms with Crippen molar-refractivity contribution in [2.75, 3.05) is 18.5 Å². The minimum Gasteiger partial charge on any atom is -0.410 e. The van der Waals surface area contributed by atoms with Gasteiger partial charge in [0, 0.05) is 25.3 Å². The minimum absolute atomic E-state index is 0.505. The summed E-state index contributed by atoms with van der Waals surface area (Å²) in [6, 6.07) is 5.58. The molecular weight excluding hydrogens is 180 g/mol. The second-order valence-electron chi connectivity index (χ2n) is 3.38. The number of rotatable bonds is 1. The first-order valence-corrected chi connectivity index (χ1v) is 4.48. The molecule has 0 spiro atoms. The lowest BCUT2D eigenvalue weighted by Crippen LogP contribution is -2.16. The van der Waals surface area contributed by atoms with Crippen molar-refractivity contribution in [1.82, 2.24) is 0 Å². The predicted octanol–water partition coefficient (Wildman–Crippen LogP) is 1.14. The largest absolute Gasteiger partial charge is 0.410 e. The van der Waals surface area contributed by atoms with E-state index in [4.69, 9.17) is 10.5 Å². The Hall–Kier alpha value is -1.71. The normalized spacial score (nSPS) is 13.9. The van der Waals surface area contributed by atoms with Crippen LogP contribution in [0.2, 0.25) is 0 Å². The molecule has 0 saturated carbocycles. The van der Waals surface area contributed by atoms with E-state index in [0.29, 0.717) is 5.75 Å². The third kappa shape index (κ3) is 1.51. The fourth-order valence-corrected chi connectivity index (χ4v) is 1.70. The third-order valence-electron chi connectivity index (χ3n) is 2.40. The lowest BCUT2D eigenvalue weighted by atomic mass is 10.1. The van der Waals surface area contributed by atoms with Gasteiger partial charge in [0.15, 0.2) is 0 Å². The van der Waals surface area contributed by atoms with Crippen molar-refractivity contribution in [3.63, 3.8) is 0 Å². The summed E-state index contributed by atoms with van der Waals surface area (Å²) in [5.41, 5.74) is 7.33. The maximum atomic E-state index is 10.5. The van der Waals surface area contributed by atoms with Gasteiger partial charge in [0.25, 0.3) is 0 Å². The van der Waals surface area contributed by atoms with E-state index in [1.165, 1.54) is 5.56 Å². The summed E-state index contributed by atoms with van der Waals surface area (Å²) in [6.07, 6.45) is 0.272. The number of ether oxygens (including phenoxy) is 1. The van der Waals surface area contributed by atoms with Crippen molar-refractivity contribution in [3.8, 4) is 5.75 Å². The van der Waals surface area contributed by atoms with Crippen LogP contribution in [0.25, 0.3) is 0 Å². The number of carbonyl (C=O) groups excluding carboxylic acids is 1. The summed E-state index contributed by atoms with van der Waals surface area (Å²) in [5, 5.41) is 0. The number of benzene rings is 1. The Kier molecular flexibility index (Phi) is 2.04. The van der Waals surface area contributed by atoms with Crippen LogP contribution in [-0.2, 0) is 6.42 Å². The number of hydrogen-bond acceptors (Lipinski definition) is 3. The molecule has 1 heterocycles. The first-order chi connectivity index (χ1) is 6.66. The molecule has 1 aliphatic heterocycles. The molecule has 1 aromatic rings. The molecule has 0 fully saturated rings. The van der Waals surface area contributed by atoms with Gasteiger partial charge in [0.05, 0.1) is 0 Å². The maximum Gasteiger partial charge on any atom is 0.409 e. The summed E-state index contributed by atoms with van der Waals surface area (Å²) in [4.78, 5) is 12.7. The van der Waals surface area contributed by atoms with Gasteiger partial charge >= 0.3 is 6.09 Å². The number of nitrogens with zero attached hydrogens (tertiary/aromatic N) is 1. The summed E-state index contributed by atoms with van der Waals surface area (Å²) in [7, 11) is 2.01. The Balaban J connectivity index is 2.30. The number of fused-ring (bicyclic) bond motifs is 1. The zero-order valence-electron chi connectivity index (χ0n) is 7.99. The molecule has 4 nitrogen and oxygen atoms in total. The van der Waals surface area contributed by atoms with Gasteiger partial charge < -0.3 is 15.4 Å². The molecule has 1 aromatic carbocycles. The lowest BCUT2D eigenvalue weighted by Gasteiger charge is -2.12. The molecule has 0 aliphatic carbocycles. The van der Waals surface area contributed by atoms with Crippen LogP contribution in [0.15, 0.2) is 18.2 Å². The van der Waals surface area contributed by atoms with Crippen LogP contribution >= 0.6 is 0 Å². The number of carbonyl (C=O) groups is 1. The highest BCUT2D eigenvalue weighted by Gasteiger charge is 2.16. The minimum atomic E-state index is -0.773. The number of anilines is 1. The number of primary amides is 1. The Morgan fingerprint density at radius 2 is 2.36 bits per heavy atom. The number of nitrogens with two attached hydrogens (primary N) is 1. The Labute approximate surface area is 82.3 Å². The molecule has 2 N–H and O–H groups in total. The molecular formula is C10H12N2O2. The van der Waals surface area contributed by atoms with E-state index in [2.05, 4.69) is 4.90 Å². The van der Waals surface area contributed by atoms with Crippen molar-refractivity contribution < 1.29 is 9.53 Å². The topological polar surface area (TPSA) is 55.6 Å². The van der Waals surface area contributed by atoms with Gasteiger partial charge in [-0.05, 0) is 18.1 Å². The highest BCUT2D eigenvalue weighted by molar-refractivity contribution is 5.69. The van der Waals surface area contributed by atoms with E-state index in [9.17, 15) is 4.79 Å². The van der Waals surface area contributed by atoms with Gasteiger partial charge in [-0.2, -0.15) is 0 Å². The van der Waals surface area contributed by atoms with E-state index in [0.717, 1.165) is 18.7 Å². The fourth-order valence-electron chi connectivity index (χ4n) is 1.70. The van der Waals surface area contributed by atoms with Gasteiger partial charge in [-0.15, -0.1) is 0 Å². The molecule has 1 aliphatic rings. The highest BCUT2D eigenvalue weighted by Crippen LogP contribution is 2.30. The average Bonchev–Trinajstić information content (AvgIpc) is 2.47. The zero-order chi connectivity index (χ0) is 10.1. The van der Waals surface area contributed by atoms with E-state index < -0.39 is 6.09 Å². The van der Waals surface area contributed by atoms with E-state index in [-0.39, 0.29) is 0 Å². The monoisotopic (exact) mass is 192 g/mol. The smallest absolute Gasteiger partial charge is 0.409 e. The zero-order valence-corrected chi connectivity index (χ0v) is 7.99. The summed E-state index contributed by atoms with van der Waals surface area (Å²) in [6.45, 7) is 1.01. The Morgan fingerprint density at radius 3 is 3.07 bits per heavy atom. The summed E-state index contributed by atoms with van der Waals surface area (Å²) in [5.74, 6) is 0.505. The molecule has 0 aromatic heterocycles. The number of likely N-dealkylation sites (N-methyl/N-ethyl adjacent to an activating group) is 1. The molecule has 0 atom stereocenters. The first kappa shape index (κ1) is 8.87. The highest BCUT2D eigenvalue weighted by atomic mass is 16.5. The molecule has 1 amide bonds. The van der Waals surface area contributed by atoms with Crippen molar-refractivity contribution in [3.05, 3.63) is 23.8 Å². The summed E-state index contributed by atoms with van der Waals surface area (Å²) < 4.78 is 4.80. The van der Waals surface area contributed by atoms with Crippen LogP contribution in [0, 0.1) is 0 Å². The van der Waals surface area contributed by atoms with Crippen LogP contribution < -0.4 is 15.4 Å². The number of hydrogen-bond donors (Lipinski definition) is 1. The molecule has 0 bridgehead atoms. The first-order valence-electron chi connectivity index (χ1n) is 4.48. The Bertz CT molecular complexity index is 376.